The summed E-state index contributed by atoms with van der Waals surface area (Å²) in [5.41, 5.74) is 0. The van der Waals surface area contributed by atoms with Crippen LogP contribution in [-0.2, 0) is 21.4 Å². The molecule has 0 saturated heterocycles. The highest BCUT2D eigenvalue weighted by Gasteiger charge is 2.24. The van der Waals surface area contributed by atoms with Gasteiger partial charge in [-0.1, -0.05) is 6.92 Å². The van der Waals surface area contributed by atoms with E-state index in [-0.39, 0.29) is 10.8 Å². The number of nitrogens with zero attached hydrogens (tertiary/aromatic N) is 1. The van der Waals surface area contributed by atoms with Crippen LogP contribution in [0.25, 0.3) is 0 Å². The highest BCUT2D eigenvalue weighted by atomic mass is 32.2. The second-order valence-electron chi connectivity index (χ2n) is 3.37. The van der Waals surface area contributed by atoms with Crippen LogP contribution in [0.4, 0.5) is 0 Å². The van der Waals surface area contributed by atoms with Crippen molar-refractivity contribution < 1.29 is 18.3 Å². The SMILES string of the molecule is CCN(CCOC)S(=O)(=O)c1ccc(CO)s1. The predicted molar refractivity (Wildman–Crippen MR) is 66.6 cm³/mol. The minimum atomic E-state index is -3.45. The van der Waals surface area contributed by atoms with E-state index in [1.165, 1.54) is 17.5 Å². The summed E-state index contributed by atoms with van der Waals surface area (Å²) in [7, 11) is -1.91. The van der Waals surface area contributed by atoms with Gasteiger partial charge in [0.2, 0.25) is 0 Å². The summed E-state index contributed by atoms with van der Waals surface area (Å²) in [6, 6.07) is 3.16. The number of methoxy groups -OCH3 is 1. The van der Waals surface area contributed by atoms with Gasteiger partial charge in [0.25, 0.3) is 10.0 Å². The molecule has 0 bridgehead atoms. The van der Waals surface area contributed by atoms with Crippen molar-refractivity contribution in [1.29, 1.82) is 0 Å². The number of hydrogen-bond donors (Lipinski definition) is 1. The topological polar surface area (TPSA) is 66.8 Å². The summed E-state index contributed by atoms with van der Waals surface area (Å²) in [5.74, 6) is 0. The molecular weight excluding hydrogens is 262 g/mol. The molecule has 0 spiro atoms. The molecule has 0 amide bonds. The summed E-state index contributed by atoms with van der Waals surface area (Å²) in [6.45, 7) is 2.75. The summed E-state index contributed by atoms with van der Waals surface area (Å²) in [6.07, 6.45) is 0. The molecule has 1 rings (SSSR count). The Kier molecular flexibility index (Phi) is 5.54. The Hall–Kier alpha value is -0.470. The predicted octanol–water partition coefficient (Wildman–Crippen LogP) is 0.897. The second kappa shape index (κ2) is 6.46. The van der Waals surface area contributed by atoms with Crippen molar-refractivity contribution >= 4 is 21.4 Å². The number of hydrogen-bond acceptors (Lipinski definition) is 5. The number of ether oxygens (including phenoxy) is 1. The highest BCUT2D eigenvalue weighted by molar-refractivity contribution is 7.91. The number of sulfonamides is 1. The molecule has 0 fully saturated rings. The molecule has 0 aliphatic carbocycles. The van der Waals surface area contributed by atoms with Crippen LogP contribution < -0.4 is 0 Å². The van der Waals surface area contributed by atoms with Crippen LogP contribution in [0.5, 0.6) is 0 Å². The van der Waals surface area contributed by atoms with Crippen molar-refractivity contribution in [1.82, 2.24) is 4.31 Å². The van der Waals surface area contributed by atoms with Crippen molar-refractivity contribution in [3.63, 3.8) is 0 Å². The standard InChI is InChI=1S/C10H17NO4S2/c1-3-11(6-7-15-2)17(13,14)10-5-4-9(8-12)16-10/h4-5,12H,3,6-8H2,1-2H3. The third-order valence-electron chi connectivity index (χ3n) is 2.28. The maximum Gasteiger partial charge on any atom is 0.252 e. The molecule has 0 aliphatic heterocycles. The fourth-order valence-electron chi connectivity index (χ4n) is 1.35. The average molecular weight is 279 g/mol. The normalized spacial score (nSPS) is 12.2. The molecule has 1 aromatic heterocycles. The largest absolute Gasteiger partial charge is 0.391 e. The molecule has 5 nitrogen and oxygen atoms in total. The first-order valence-electron chi connectivity index (χ1n) is 5.25. The molecule has 1 N–H and O–H groups in total. The fraction of sp³-hybridized carbons (Fsp3) is 0.600. The Labute approximate surface area is 106 Å². The fourth-order valence-corrected chi connectivity index (χ4v) is 4.15. The minimum absolute atomic E-state index is 0.135. The van der Waals surface area contributed by atoms with E-state index in [2.05, 4.69) is 0 Å². The van der Waals surface area contributed by atoms with Crippen LogP contribution in [0.1, 0.15) is 11.8 Å². The Morgan fingerprint density at radius 3 is 2.65 bits per heavy atom. The molecule has 1 heterocycles. The lowest BCUT2D eigenvalue weighted by Crippen LogP contribution is -2.33. The Morgan fingerprint density at radius 1 is 1.47 bits per heavy atom. The van der Waals surface area contributed by atoms with Crippen molar-refractivity contribution in [3.8, 4) is 0 Å². The van der Waals surface area contributed by atoms with Gasteiger partial charge in [-0.3, -0.25) is 0 Å². The van der Waals surface area contributed by atoms with Gasteiger partial charge in [-0.15, -0.1) is 11.3 Å². The van der Waals surface area contributed by atoms with Gasteiger partial charge in [-0.2, -0.15) is 4.31 Å². The summed E-state index contributed by atoms with van der Waals surface area (Å²) >= 11 is 1.10. The first kappa shape index (κ1) is 14.6. The maximum atomic E-state index is 12.2. The van der Waals surface area contributed by atoms with Gasteiger partial charge in [-0.25, -0.2) is 8.42 Å². The van der Waals surface area contributed by atoms with Crippen LogP contribution in [0.3, 0.4) is 0 Å². The van der Waals surface area contributed by atoms with Crippen molar-refractivity contribution in [2.45, 2.75) is 17.7 Å². The van der Waals surface area contributed by atoms with E-state index in [0.717, 1.165) is 11.3 Å². The van der Waals surface area contributed by atoms with Crippen LogP contribution in [0.15, 0.2) is 16.3 Å². The Bertz CT molecular complexity index is 441. The quantitative estimate of drug-likeness (QED) is 0.805. The lowest BCUT2D eigenvalue weighted by molar-refractivity contribution is 0.180. The van der Waals surface area contributed by atoms with Crippen LogP contribution >= 0.6 is 11.3 Å². The van der Waals surface area contributed by atoms with Gasteiger partial charge in [0.05, 0.1) is 13.2 Å². The van der Waals surface area contributed by atoms with E-state index >= 15 is 0 Å². The zero-order chi connectivity index (χ0) is 12.9. The van der Waals surface area contributed by atoms with E-state index in [1.54, 1.807) is 13.0 Å². The smallest absolute Gasteiger partial charge is 0.252 e. The third kappa shape index (κ3) is 3.49. The van der Waals surface area contributed by atoms with Crippen molar-refractivity contribution in [2.75, 3.05) is 26.8 Å². The molecule has 0 aromatic carbocycles. The molecule has 17 heavy (non-hydrogen) atoms. The number of aliphatic hydroxyl groups excluding tert-OH is 1. The monoisotopic (exact) mass is 279 g/mol. The van der Waals surface area contributed by atoms with Gasteiger partial charge >= 0.3 is 0 Å². The first-order chi connectivity index (χ1) is 8.06. The summed E-state index contributed by atoms with van der Waals surface area (Å²) < 4.78 is 30.9. The number of aliphatic hydroxyl groups is 1. The van der Waals surface area contributed by atoms with Crippen LogP contribution in [0.2, 0.25) is 0 Å². The molecule has 0 aliphatic rings. The third-order valence-corrected chi connectivity index (χ3v) is 5.80. The van der Waals surface area contributed by atoms with Gasteiger partial charge in [0.1, 0.15) is 4.21 Å². The maximum absolute atomic E-state index is 12.2. The summed E-state index contributed by atoms with van der Waals surface area (Å²) in [5, 5.41) is 8.94. The first-order valence-corrected chi connectivity index (χ1v) is 7.50. The van der Waals surface area contributed by atoms with Gasteiger partial charge < -0.3 is 9.84 Å². The summed E-state index contributed by atoms with van der Waals surface area (Å²) in [4.78, 5) is 0.645. The number of thiophene rings is 1. The Morgan fingerprint density at radius 2 is 2.18 bits per heavy atom. The minimum Gasteiger partial charge on any atom is -0.391 e. The van der Waals surface area contributed by atoms with Crippen LogP contribution in [0, 0.1) is 0 Å². The van der Waals surface area contributed by atoms with E-state index in [4.69, 9.17) is 9.84 Å². The Balaban J connectivity index is 2.91. The molecule has 0 saturated carbocycles. The molecule has 0 unspecified atom stereocenters. The average Bonchev–Trinajstić information content (AvgIpc) is 2.79. The molecule has 1 aromatic rings. The van der Waals surface area contributed by atoms with Gasteiger partial charge in [0.15, 0.2) is 0 Å². The van der Waals surface area contributed by atoms with E-state index < -0.39 is 10.0 Å². The molecule has 0 atom stereocenters. The molecular formula is C10H17NO4S2. The lowest BCUT2D eigenvalue weighted by Gasteiger charge is -2.18. The van der Waals surface area contributed by atoms with Gasteiger partial charge in [0, 0.05) is 25.1 Å². The molecule has 7 heteroatoms. The van der Waals surface area contributed by atoms with Crippen molar-refractivity contribution in [2.24, 2.45) is 0 Å². The van der Waals surface area contributed by atoms with Crippen LogP contribution in [-0.4, -0.2) is 44.6 Å². The molecule has 0 radical (unpaired) electrons. The van der Waals surface area contributed by atoms with Crippen molar-refractivity contribution in [3.05, 3.63) is 17.0 Å². The number of likely N-dealkylation sites (N-methyl/N-ethyl adjacent to an activating group) is 1. The second-order valence-corrected chi connectivity index (χ2v) is 6.70. The van der Waals surface area contributed by atoms with Gasteiger partial charge in [-0.05, 0) is 12.1 Å². The highest BCUT2D eigenvalue weighted by Crippen LogP contribution is 2.24. The number of rotatable bonds is 7. The van der Waals surface area contributed by atoms with E-state index in [0.29, 0.717) is 24.6 Å². The zero-order valence-corrected chi connectivity index (χ0v) is 11.6. The lowest BCUT2D eigenvalue weighted by atomic mass is 10.5. The van der Waals surface area contributed by atoms with E-state index in [1.807, 2.05) is 0 Å². The zero-order valence-electron chi connectivity index (χ0n) is 9.92. The molecule has 98 valence electrons. The van der Waals surface area contributed by atoms with E-state index in [9.17, 15) is 8.42 Å².